The molecule has 2 heterocycles. The van der Waals surface area contributed by atoms with Gasteiger partial charge in [0.2, 0.25) is 5.95 Å². The lowest BCUT2D eigenvalue weighted by Crippen LogP contribution is -2.49. The molecule has 126 valence electrons. The lowest BCUT2D eigenvalue weighted by atomic mass is 10.0. The molecule has 1 aromatic carbocycles. The molecule has 1 aliphatic heterocycles. The van der Waals surface area contributed by atoms with Crippen LogP contribution in [0.15, 0.2) is 41.1 Å². The molecular weight excluding hydrogens is 368 g/mol. The summed E-state index contributed by atoms with van der Waals surface area (Å²) in [5, 5.41) is 0. The number of hydrogen-bond acceptors (Lipinski definition) is 4. The first-order chi connectivity index (χ1) is 11.6. The van der Waals surface area contributed by atoms with E-state index in [0.717, 1.165) is 29.4 Å². The number of halogens is 1. The average molecular weight is 389 g/mol. The number of piperidine rings is 1. The van der Waals surface area contributed by atoms with Crippen LogP contribution in [0, 0.1) is 6.92 Å². The van der Waals surface area contributed by atoms with Gasteiger partial charge in [-0.15, -0.1) is 0 Å². The Morgan fingerprint density at radius 3 is 2.71 bits per heavy atom. The van der Waals surface area contributed by atoms with E-state index < -0.39 is 0 Å². The first-order valence-electron chi connectivity index (χ1n) is 8.11. The van der Waals surface area contributed by atoms with E-state index in [2.05, 4.69) is 30.8 Å². The maximum absolute atomic E-state index is 12.8. The molecule has 0 aliphatic carbocycles. The summed E-state index contributed by atoms with van der Waals surface area (Å²) >= 11 is 3.47. The fourth-order valence-corrected chi connectivity index (χ4v) is 3.45. The number of hydrogen-bond donors (Lipinski definition) is 0. The van der Waals surface area contributed by atoms with Gasteiger partial charge in [-0.3, -0.25) is 4.79 Å². The second-order valence-electron chi connectivity index (χ2n) is 6.20. The summed E-state index contributed by atoms with van der Waals surface area (Å²) in [7, 11) is 2.00. The lowest BCUT2D eigenvalue weighted by Gasteiger charge is -2.37. The van der Waals surface area contributed by atoms with Crippen molar-refractivity contribution in [3.63, 3.8) is 0 Å². The number of rotatable bonds is 3. The van der Waals surface area contributed by atoms with Crippen LogP contribution in [0.1, 0.15) is 28.8 Å². The van der Waals surface area contributed by atoms with Crippen molar-refractivity contribution in [2.75, 3.05) is 25.0 Å². The van der Waals surface area contributed by atoms with E-state index in [4.69, 9.17) is 0 Å². The Balaban J connectivity index is 1.73. The van der Waals surface area contributed by atoms with Crippen molar-refractivity contribution in [3.8, 4) is 0 Å². The second kappa shape index (κ2) is 7.30. The normalized spacial score (nSPS) is 17.6. The van der Waals surface area contributed by atoms with Gasteiger partial charge in [0, 0.05) is 43.0 Å². The number of carbonyl (C=O) groups excluding carboxylic acids is 1. The van der Waals surface area contributed by atoms with Gasteiger partial charge < -0.3 is 9.80 Å². The molecule has 1 fully saturated rings. The third-order valence-corrected chi connectivity index (χ3v) is 5.11. The maximum atomic E-state index is 12.8. The summed E-state index contributed by atoms with van der Waals surface area (Å²) in [4.78, 5) is 25.6. The molecular formula is C18H21BrN4O. The van der Waals surface area contributed by atoms with Gasteiger partial charge in [-0.25, -0.2) is 9.97 Å². The number of likely N-dealkylation sites (N-methyl/N-ethyl adjacent to an activating group) is 1. The van der Waals surface area contributed by atoms with Crippen LogP contribution in [-0.4, -0.2) is 47.0 Å². The van der Waals surface area contributed by atoms with Gasteiger partial charge in [0.1, 0.15) is 0 Å². The highest BCUT2D eigenvalue weighted by atomic mass is 79.9. The van der Waals surface area contributed by atoms with Crippen molar-refractivity contribution in [2.45, 2.75) is 25.8 Å². The molecule has 5 nitrogen and oxygen atoms in total. The van der Waals surface area contributed by atoms with E-state index in [1.807, 2.05) is 55.5 Å². The van der Waals surface area contributed by atoms with Crippen LogP contribution in [-0.2, 0) is 0 Å². The molecule has 3 rings (SSSR count). The Bertz CT molecular complexity index is 719. The van der Waals surface area contributed by atoms with Crippen LogP contribution in [0.2, 0.25) is 0 Å². The van der Waals surface area contributed by atoms with Crippen LogP contribution in [0.25, 0.3) is 0 Å². The van der Waals surface area contributed by atoms with Gasteiger partial charge in [0.25, 0.3) is 5.91 Å². The SMILES string of the molecule is Cc1cnc(N(C)C2CCCN(C(=O)c3ccccc3Br)C2)nc1. The van der Waals surface area contributed by atoms with E-state index in [9.17, 15) is 4.79 Å². The minimum absolute atomic E-state index is 0.0744. The summed E-state index contributed by atoms with van der Waals surface area (Å²) in [5.74, 6) is 0.784. The molecule has 0 radical (unpaired) electrons. The lowest BCUT2D eigenvalue weighted by molar-refractivity contribution is 0.0706. The van der Waals surface area contributed by atoms with Crippen molar-refractivity contribution < 1.29 is 4.79 Å². The zero-order valence-corrected chi connectivity index (χ0v) is 15.5. The zero-order chi connectivity index (χ0) is 17.1. The van der Waals surface area contributed by atoms with Crippen LogP contribution in [0.5, 0.6) is 0 Å². The maximum Gasteiger partial charge on any atom is 0.255 e. The monoisotopic (exact) mass is 388 g/mol. The van der Waals surface area contributed by atoms with Crippen molar-refractivity contribution in [1.29, 1.82) is 0 Å². The van der Waals surface area contributed by atoms with Crippen LogP contribution >= 0.6 is 15.9 Å². The third-order valence-electron chi connectivity index (χ3n) is 4.42. The number of nitrogens with zero attached hydrogens (tertiary/aromatic N) is 4. The molecule has 6 heteroatoms. The summed E-state index contributed by atoms with van der Waals surface area (Å²) in [6.45, 7) is 3.45. The highest BCUT2D eigenvalue weighted by molar-refractivity contribution is 9.10. The van der Waals surface area contributed by atoms with Crippen molar-refractivity contribution in [3.05, 3.63) is 52.3 Å². The molecule has 24 heavy (non-hydrogen) atoms. The number of carbonyl (C=O) groups is 1. The number of anilines is 1. The predicted octanol–water partition coefficient (Wildman–Crippen LogP) is 3.29. The summed E-state index contributed by atoms with van der Waals surface area (Å²) in [5.41, 5.74) is 1.76. The molecule has 0 bridgehead atoms. The van der Waals surface area contributed by atoms with Crippen molar-refractivity contribution in [2.24, 2.45) is 0 Å². The molecule has 1 atom stereocenters. The highest BCUT2D eigenvalue weighted by Gasteiger charge is 2.28. The van der Waals surface area contributed by atoms with Gasteiger partial charge in [0.05, 0.1) is 5.56 Å². The number of likely N-dealkylation sites (tertiary alicyclic amines) is 1. The fourth-order valence-electron chi connectivity index (χ4n) is 2.99. The van der Waals surface area contributed by atoms with E-state index in [1.165, 1.54) is 0 Å². The largest absolute Gasteiger partial charge is 0.339 e. The molecule has 1 amide bonds. The smallest absolute Gasteiger partial charge is 0.255 e. The molecule has 1 unspecified atom stereocenters. The topological polar surface area (TPSA) is 49.3 Å². The summed E-state index contributed by atoms with van der Waals surface area (Å²) < 4.78 is 0.840. The molecule has 0 N–H and O–H groups in total. The van der Waals surface area contributed by atoms with Crippen molar-refractivity contribution in [1.82, 2.24) is 14.9 Å². The molecule has 0 spiro atoms. The Morgan fingerprint density at radius 1 is 1.29 bits per heavy atom. The van der Waals surface area contributed by atoms with Gasteiger partial charge in [-0.05, 0) is 53.4 Å². The molecule has 0 saturated carbocycles. The van der Waals surface area contributed by atoms with Crippen LogP contribution in [0.3, 0.4) is 0 Å². The van der Waals surface area contributed by atoms with E-state index >= 15 is 0 Å². The summed E-state index contributed by atoms with van der Waals surface area (Å²) in [6.07, 6.45) is 5.67. The molecule has 1 aromatic heterocycles. The van der Waals surface area contributed by atoms with Crippen LogP contribution < -0.4 is 4.90 Å². The Kier molecular flexibility index (Phi) is 5.14. The predicted molar refractivity (Wildman–Crippen MR) is 98.2 cm³/mol. The van der Waals surface area contributed by atoms with Gasteiger partial charge in [-0.1, -0.05) is 12.1 Å². The van der Waals surface area contributed by atoms with Crippen LogP contribution in [0.4, 0.5) is 5.95 Å². The third kappa shape index (κ3) is 3.59. The number of amides is 1. The molecule has 2 aromatic rings. The standard InChI is InChI=1S/C18H21BrN4O/c1-13-10-20-18(21-11-13)22(2)14-6-5-9-23(12-14)17(24)15-7-3-4-8-16(15)19/h3-4,7-8,10-11,14H,5-6,9,12H2,1-2H3. The van der Waals surface area contributed by atoms with Crippen molar-refractivity contribution >= 4 is 27.8 Å². The average Bonchev–Trinajstić information content (AvgIpc) is 2.62. The minimum Gasteiger partial charge on any atom is -0.339 e. The first kappa shape index (κ1) is 16.9. The van der Waals surface area contributed by atoms with Gasteiger partial charge in [-0.2, -0.15) is 0 Å². The highest BCUT2D eigenvalue weighted by Crippen LogP contribution is 2.23. The number of aryl methyl sites for hydroxylation is 1. The second-order valence-corrected chi connectivity index (χ2v) is 7.05. The minimum atomic E-state index is 0.0744. The number of aromatic nitrogens is 2. The summed E-state index contributed by atoms with van der Waals surface area (Å²) in [6, 6.07) is 7.81. The van der Waals surface area contributed by atoms with E-state index in [-0.39, 0.29) is 11.9 Å². The zero-order valence-electron chi connectivity index (χ0n) is 13.9. The molecule has 1 aliphatic rings. The van der Waals surface area contributed by atoms with E-state index in [1.54, 1.807) is 0 Å². The quantitative estimate of drug-likeness (QED) is 0.809. The Morgan fingerprint density at radius 2 is 2.00 bits per heavy atom. The Hall–Kier alpha value is -1.95. The Labute approximate surface area is 150 Å². The number of benzene rings is 1. The molecule has 1 saturated heterocycles. The fraction of sp³-hybridized carbons (Fsp3) is 0.389. The van der Waals surface area contributed by atoms with Gasteiger partial charge in [0.15, 0.2) is 0 Å². The van der Waals surface area contributed by atoms with E-state index in [0.29, 0.717) is 18.1 Å². The van der Waals surface area contributed by atoms with Gasteiger partial charge >= 0.3 is 0 Å². The first-order valence-corrected chi connectivity index (χ1v) is 8.91.